The number of ketones is 1. The van der Waals surface area contributed by atoms with Gasteiger partial charge in [-0.2, -0.15) is 0 Å². The van der Waals surface area contributed by atoms with E-state index in [0.29, 0.717) is 28.7 Å². The lowest BCUT2D eigenvalue weighted by atomic mass is 9.76. The zero-order chi connectivity index (χ0) is 24.4. The molecule has 2 N–H and O–H groups in total. The summed E-state index contributed by atoms with van der Waals surface area (Å²) < 4.78 is 0. The second-order valence-electron chi connectivity index (χ2n) is 8.90. The summed E-state index contributed by atoms with van der Waals surface area (Å²) in [5.41, 5.74) is 5.21. The van der Waals surface area contributed by atoms with Crippen LogP contribution in [0, 0.1) is 0 Å². The molecule has 2 heterocycles. The first kappa shape index (κ1) is 23.4. The van der Waals surface area contributed by atoms with Gasteiger partial charge in [0.25, 0.3) is 5.56 Å². The van der Waals surface area contributed by atoms with E-state index in [1.54, 1.807) is 0 Å². The third-order valence-electron chi connectivity index (χ3n) is 6.81. The van der Waals surface area contributed by atoms with E-state index in [1.807, 2.05) is 18.2 Å². The number of thioether (sulfide) groups is 1. The van der Waals surface area contributed by atoms with Gasteiger partial charge in [0, 0.05) is 48.1 Å². The van der Waals surface area contributed by atoms with Crippen molar-refractivity contribution in [3.05, 3.63) is 92.9 Å². The maximum Gasteiger partial charge on any atom is 0.257 e. The van der Waals surface area contributed by atoms with Gasteiger partial charge in [-0.05, 0) is 49.9 Å². The second-order valence-corrected chi connectivity index (χ2v) is 9.86. The predicted molar refractivity (Wildman–Crippen MR) is 142 cm³/mol. The van der Waals surface area contributed by atoms with Crippen molar-refractivity contribution in [1.82, 2.24) is 9.97 Å². The summed E-state index contributed by atoms with van der Waals surface area (Å²) in [6, 6.07) is 18.4. The number of H-pyrrole nitrogens is 1. The molecule has 1 aromatic heterocycles. The van der Waals surface area contributed by atoms with Crippen molar-refractivity contribution in [3.8, 4) is 0 Å². The van der Waals surface area contributed by atoms with Gasteiger partial charge in [0.15, 0.2) is 10.9 Å². The molecule has 5 rings (SSSR count). The van der Waals surface area contributed by atoms with E-state index in [2.05, 4.69) is 65.4 Å². The fourth-order valence-corrected chi connectivity index (χ4v) is 5.85. The molecule has 180 valence electrons. The maximum atomic E-state index is 13.4. The number of hydrogen-bond donors (Lipinski definition) is 2. The average molecular weight is 487 g/mol. The molecule has 1 aliphatic carbocycles. The number of nitrogens with zero attached hydrogens (tertiary/aromatic N) is 2. The van der Waals surface area contributed by atoms with Gasteiger partial charge < -0.3 is 15.2 Å². The number of carbonyl (C=O) groups is 1. The second kappa shape index (κ2) is 10.1. The number of hydrogen-bond acceptors (Lipinski definition) is 6. The molecule has 0 fully saturated rings. The third kappa shape index (κ3) is 4.65. The SMILES string of the molecule is CCN(CC)c1ccc([C@@H]2C3=C(CCCC3=O)Nc3nc(SCc4ccccc4)[nH]c(=O)c32)cc1. The summed E-state index contributed by atoms with van der Waals surface area (Å²) in [7, 11) is 0. The smallest absolute Gasteiger partial charge is 0.257 e. The van der Waals surface area contributed by atoms with E-state index in [1.165, 1.54) is 17.3 Å². The van der Waals surface area contributed by atoms with Crippen LogP contribution in [0.4, 0.5) is 11.5 Å². The molecule has 0 saturated carbocycles. The number of nitrogens with one attached hydrogen (secondary N) is 2. The van der Waals surface area contributed by atoms with E-state index < -0.39 is 5.92 Å². The van der Waals surface area contributed by atoms with E-state index in [9.17, 15) is 9.59 Å². The van der Waals surface area contributed by atoms with Gasteiger partial charge in [-0.15, -0.1) is 0 Å². The van der Waals surface area contributed by atoms with Crippen LogP contribution in [-0.2, 0) is 10.5 Å². The lowest BCUT2D eigenvalue weighted by molar-refractivity contribution is -0.116. The molecule has 0 saturated heterocycles. The lowest BCUT2D eigenvalue weighted by Gasteiger charge is -2.33. The van der Waals surface area contributed by atoms with Crippen molar-refractivity contribution in [2.75, 3.05) is 23.3 Å². The summed E-state index contributed by atoms with van der Waals surface area (Å²) in [6.07, 6.45) is 2.11. The number of benzene rings is 2. The van der Waals surface area contributed by atoms with E-state index in [-0.39, 0.29) is 11.3 Å². The predicted octanol–water partition coefficient (Wildman–Crippen LogP) is 5.47. The van der Waals surface area contributed by atoms with Gasteiger partial charge in [0.2, 0.25) is 0 Å². The van der Waals surface area contributed by atoms with Crippen LogP contribution in [0.25, 0.3) is 0 Å². The number of carbonyl (C=O) groups excluding carboxylic acids is 1. The largest absolute Gasteiger partial charge is 0.372 e. The van der Waals surface area contributed by atoms with Crippen LogP contribution < -0.4 is 15.8 Å². The van der Waals surface area contributed by atoms with Crippen molar-refractivity contribution < 1.29 is 4.79 Å². The number of rotatable bonds is 7. The molecule has 35 heavy (non-hydrogen) atoms. The number of fused-ring (bicyclic) bond motifs is 1. The van der Waals surface area contributed by atoms with Crippen molar-refractivity contribution in [2.24, 2.45) is 0 Å². The van der Waals surface area contributed by atoms with Crippen molar-refractivity contribution >= 4 is 29.1 Å². The minimum absolute atomic E-state index is 0.115. The molecule has 0 radical (unpaired) electrons. The number of anilines is 2. The molecule has 0 bridgehead atoms. The fraction of sp³-hybridized carbons (Fsp3) is 0.321. The van der Waals surface area contributed by atoms with Crippen LogP contribution in [0.5, 0.6) is 0 Å². The van der Waals surface area contributed by atoms with E-state index in [4.69, 9.17) is 4.98 Å². The standard InChI is InChI=1S/C28H30N4O2S/c1-3-32(4-2)20-15-13-19(14-16-20)23-24-21(11-8-12-22(24)33)29-26-25(23)27(34)31-28(30-26)35-17-18-9-6-5-7-10-18/h5-7,9-10,13-16,23H,3-4,8,11-12,17H2,1-2H3,(H2,29,30,31,34)/t23-/m1/s1. The van der Waals surface area contributed by atoms with Crippen LogP contribution in [0.2, 0.25) is 0 Å². The number of aromatic nitrogens is 2. The van der Waals surface area contributed by atoms with Crippen molar-refractivity contribution in [1.29, 1.82) is 0 Å². The molecule has 0 spiro atoms. The molecule has 3 aromatic rings. The van der Waals surface area contributed by atoms with Crippen molar-refractivity contribution in [3.63, 3.8) is 0 Å². The highest BCUT2D eigenvalue weighted by molar-refractivity contribution is 7.98. The molecule has 0 amide bonds. The first-order valence-corrected chi connectivity index (χ1v) is 13.3. The molecule has 7 heteroatoms. The molecule has 6 nitrogen and oxygen atoms in total. The van der Waals surface area contributed by atoms with Gasteiger partial charge in [0.1, 0.15) is 5.82 Å². The molecule has 2 aliphatic rings. The molecular formula is C28H30N4O2S. The maximum absolute atomic E-state index is 13.4. The monoisotopic (exact) mass is 486 g/mol. The summed E-state index contributed by atoms with van der Waals surface area (Å²) in [6.45, 7) is 6.12. The van der Waals surface area contributed by atoms with Gasteiger partial charge in [-0.1, -0.05) is 54.2 Å². The van der Waals surface area contributed by atoms with Crippen LogP contribution >= 0.6 is 11.8 Å². The van der Waals surface area contributed by atoms with E-state index in [0.717, 1.165) is 48.5 Å². The third-order valence-corrected chi connectivity index (χ3v) is 7.75. The lowest BCUT2D eigenvalue weighted by Crippen LogP contribution is -2.32. The number of aromatic amines is 1. The Kier molecular flexibility index (Phi) is 6.77. The molecule has 1 atom stereocenters. The van der Waals surface area contributed by atoms with Crippen molar-refractivity contribution in [2.45, 2.75) is 49.9 Å². The Bertz CT molecular complexity index is 1310. The first-order chi connectivity index (χ1) is 17.1. The summed E-state index contributed by atoms with van der Waals surface area (Å²) in [5, 5.41) is 3.94. The quantitative estimate of drug-likeness (QED) is 0.340. The van der Waals surface area contributed by atoms with Gasteiger partial charge in [-0.3, -0.25) is 9.59 Å². The highest BCUT2D eigenvalue weighted by Gasteiger charge is 2.37. The Labute approximate surface area is 209 Å². The number of Topliss-reactive ketones (excluding diaryl/α,β-unsaturated/α-hetero) is 1. The Morgan fingerprint density at radius 1 is 1.00 bits per heavy atom. The molecular weight excluding hydrogens is 456 g/mol. The fourth-order valence-electron chi connectivity index (χ4n) is 5.03. The molecule has 1 aliphatic heterocycles. The topological polar surface area (TPSA) is 78.1 Å². The van der Waals surface area contributed by atoms with Crippen LogP contribution in [0.1, 0.15) is 55.7 Å². The molecule has 2 aromatic carbocycles. The minimum Gasteiger partial charge on any atom is -0.372 e. The molecule has 0 unspecified atom stereocenters. The zero-order valence-corrected chi connectivity index (χ0v) is 21.0. The Hall–Kier alpha value is -3.32. The minimum atomic E-state index is -0.413. The first-order valence-electron chi connectivity index (χ1n) is 12.3. The average Bonchev–Trinajstić information content (AvgIpc) is 2.88. The summed E-state index contributed by atoms with van der Waals surface area (Å²) in [5.74, 6) is 0.981. The van der Waals surface area contributed by atoms with Gasteiger partial charge in [-0.25, -0.2) is 4.98 Å². The Balaban J connectivity index is 1.54. The normalized spacial score (nSPS) is 17.0. The zero-order valence-electron chi connectivity index (χ0n) is 20.1. The summed E-state index contributed by atoms with van der Waals surface area (Å²) in [4.78, 5) is 36.6. The Morgan fingerprint density at radius 2 is 1.74 bits per heavy atom. The van der Waals surface area contributed by atoms with Crippen LogP contribution in [0.3, 0.4) is 0 Å². The highest BCUT2D eigenvalue weighted by Crippen LogP contribution is 2.43. The van der Waals surface area contributed by atoms with Crippen LogP contribution in [0.15, 0.2) is 75.8 Å². The van der Waals surface area contributed by atoms with Gasteiger partial charge >= 0.3 is 0 Å². The highest BCUT2D eigenvalue weighted by atomic mass is 32.2. The summed E-state index contributed by atoms with van der Waals surface area (Å²) >= 11 is 1.50. The van der Waals surface area contributed by atoms with Gasteiger partial charge in [0.05, 0.1) is 5.56 Å². The Morgan fingerprint density at radius 3 is 2.46 bits per heavy atom. The van der Waals surface area contributed by atoms with E-state index >= 15 is 0 Å². The van der Waals surface area contributed by atoms with Crippen LogP contribution in [-0.4, -0.2) is 28.8 Å². The number of allylic oxidation sites excluding steroid dienone is 2.